The number of amides is 1. The number of hydrogen-bond donors (Lipinski definition) is 2. The summed E-state index contributed by atoms with van der Waals surface area (Å²) < 4.78 is 20.2. The molecule has 0 unspecified atom stereocenters. The molecule has 1 fully saturated rings. The minimum Gasteiger partial charge on any atom is -0.446 e. The highest BCUT2D eigenvalue weighted by molar-refractivity contribution is 6.01. The number of carbonyl (C=O) groups excluding carboxylic acids is 1. The van der Waals surface area contributed by atoms with E-state index >= 15 is 0 Å². The normalized spacial score (nSPS) is 14.8. The summed E-state index contributed by atoms with van der Waals surface area (Å²) in [5.74, 6) is 0.180. The van der Waals surface area contributed by atoms with Crippen molar-refractivity contribution in [1.29, 1.82) is 0 Å². The molecule has 0 saturated heterocycles. The SMILES string of the molecule is O=C(NC1=Nc2cc(-c3cc(Cc4n[nH]c(=O)c5ccccc45)ccc3F)ccc2C1)OC1CCC1. The van der Waals surface area contributed by atoms with Crippen LogP contribution in [0.3, 0.4) is 0 Å². The van der Waals surface area contributed by atoms with Crippen LogP contribution in [0.4, 0.5) is 14.9 Å². The highest BCUT2D eigenvalue weighted by Crippen LogP contribution is 2.33. The van der Waals surface area contributed by atoms with Gasteiger partial charge in [-0.15, -0.1) is 0 Å². The Morgan fingerprint density at radius 3 is 2.72 bits per heavy atom. The van der Waals surface area contributed by atoms with E-state index in [0.29, 0.717) is 46.6 Å². The first-order valence-corrected chi connectivity index (χ1v) is 12.0. The molecule has 1 aliphatic carbocycles. The monoisotopic (exact) mass is 482 g/mol. The van der Waals surface area contributed by atoms with Crippen LogP contribution in [0.5, 0.6) is 0 Å². The number of hydrogen-bond acceptors (Lipinski definition) is 5. The van der Waals surface area contributed by atoms with Crippen molar-refractivity contribution in [2.24, 2.45) is 4.99 Å². The zero-order valence-electron chi connectivity index (χ0n) is 19.4. The summed E-state index contributed by atoms with van der Waals surface area (Å²) in [7, 11) is 0. The van der Waals surface area contributed by atoms with Crippen LogP contribution < -0.4 is 10.9 Å². The lowest BCUT2D eigenvalue weighted by molar-refractivity contribution is 0.0557. The third-order valence-corrected chi connectivity index (χ3v) is 6.76. The maximum absolute atomic E-state index is 14.9. The number of alkyl carbamates (subject to hydrolysis) is 1. The molecule has 0 spiro atoms. The topological polar surface area (TPSA) is 96.4 Å². The van der Waals surface area contributed by atoms with E-state index in [4.69, 9.17) is 4.74 Å². The molecule has 180 valence electrons. The van der Waals surface area contributed by atoms with E-state index in [1.807, 2.05) is 36.4 Å². The molecule has 2 aliphatic rings. The van der Waals surface area contributed by atoms with Crippen molar-refractivity contribution in [3.63, 3.8) is 0 Å². The van der Waals surface area contributed by atoms with Gasteiger partial charge in [0, 0.05) is 23.8 Å². The van der Waals surface area contributed by atoms with E-state index in [1.165, 1.54) is 6.07 Å². The van der Waals surface area contributed by atoms with Crippen LogP contribution in [0.1, 0.15) is 36.1 Å². The maximum atomic E-state index is 14.9. The van der Waals surface area contributed by atoms with Gasteiger partial charge in [-0.2, -0.15) is 5.10 Å². The van der Waals surface area contributed by atoms with Crippen LogP contribution >= 0.6 is 0 Å². The fourth-order valence-electron chi connectivity index (χ4n) is 4.61. The minimum atomic E-state index is -0.478. The van der Waals surface area contributed by atoms with Crippen LogP contribution in [0.25, 0.3) is 21.9 Å². The van der Waals surface area contributed by atoms with Crippen LogP contribution in [-0.2, 0) is 17.6 Å². The highest BCUT2D eigenvalue weighted by Gasteiger charge is 2.24. The van der Waals surface area contributed by atoms with Gasteiger partial charge in [0.2, 0.25) is 0 Å². The molecule has 1 amide bonds. The molecule has 8 heteroatoms. The molecule has 0 atom stereocenters. The number of aromatic amines is 1. The molecule has 0 bridgehead atoms. The van der Waals surface area contributed by atoms with E-state index in [1.54, 1.807) is 18.2 Å². The van der Waals surface area contributed by atoms with Crippen LogP contribution in [-0.4, -0.2) is 28.2 Å². The lowest BCUT2D eigenvalue weighted by atomic mass is 9.96. The Bertz CT molecular complexity index is 1590. The summed E-state index contributed by atoms with van der Waals surface area (Å²) >= 11 is 0. The van der Waals surface area contributed by atoms with Crippen LogP contribution in [0.15, 0.2) is 70.5 Å². The predicted molar refractivity (Wildman–Crippen MR) is 135 cm³/mol. The largest absolute Gasteiger partial charge is 0.446 e. The fourth-order valence-corrected chi connectivity index (χ4v) is 4.61. The standard InChI is InChI=1S/C28H23FN4O3/c29-23-11-8-16(13-25-20-6-1-2-7-21(20)27(34)33-32-25)12-22(23)17-9-10-18-15-26(30-24(18)14-17)31-28(35)36-19-4-3-5-19/h1-2,6-12,14,19H,3-5,13,15H2,(H,33,34)(H,30,31,35). The Hall–Kier alpha value is -4.33. The van der Waals surface area contributed by atoms with Crippen molar-refractivity contribution in [3.8, 4) is 11.1 Å². The van der Waals surface area contributed by atoms with E-state index < -0.39 is 6.09 Å². The second kappa shape index (κ2) is 9.03. The number of fused-ring (bicyclic) bond motifs is 2. The molecule has 0 radical (unpaired) electrons. The minimum absolute atomic E-state index is 0.000514. The van der Waals surface area contributed by atoms with Gasteiger partial charge in [0.1, 0.15) is 17.8 Å². The number of amidine groups is 1. The van der Waals surface area contributed by atoms with Crippen molar-refractivity contribution in [2.75, 3.05) is 0 Å². The zero-order valence-corrected chi connectivity index (χ0v) is 19.4. The first-order chi connectivity index (χ1) is 17.5. The van der Waals surface area contributed by atoms with Gasteiger partial charge >= 0.3 is 6.09 Å². The maximum Gasteiger partial charge on any atom is 0.412 e. The fraction of sp³-hybridized carbons (Fsp3) is 0.214. The number of H-pyrrole nitrogens is 1. The van der Waals surface area contributed by atoms with E-state index in [0.717, 1.165) is 35.8 Å². The van der Waals surface area contributed by atoms with Gasteiger partial charge < -0.3 is 4.74 Å². The van der Waals surface area contributed by atoms with Gasteiger partial charge in [-0.1, -0.05) is 36.4 Å². The van der Waals surface area contributed by atoms with Gasteiger partial charge in [-0.3, -0.25) is 10.1 Å². The second-order valence-electron chi connectivity index (χ2n) is 9.20. The number of aliphatic imine (C=N–C) groups is 1. The van der Waals surface area contributed by atoms with Crippen molar-refractivity contribution < 1.29 is 13.9 Å². The molecule has 2 heterocycles. The molecule has 36 heavy (non-hydrogen) atoms. The van der Waals surface area contributed by atoms with Gasteiger partial charge in [-0.25, -0.2) is 19.3 Å². The van der Waals surface area contributed by atoms with Crippen molar-refractivity contribution in [3.05, 3.63) is 93.7 Å². The number of rotatable bonds is 4. The van der Waals surface area contributed by atoms with Gasteiger partial charge in [-0.05, 0) is 60.2 Å². The molecule has 4 aromatic rings. The molecular formula is C28H23FN4O3. The van der Waals surface area contributed by atoms with Crippen LogP contribution in [0, 0.1) is 5.82 Å². The average Bonchev–Trinajstić information content (AvgIpc) is 3.26. The Balaban J connectivity index is 1.25. The zero-order chi connectivity index (χ0) is 24.6. The summed E-state index contributed by atoms with van der Waals surface area (Å²) in [4.78, 5) is 28.7. The smallest absolute Gasteiger partial charge is 0.412 e. The Morgan fingerprint density at radius 1 is 1.08 bits per heavy atom. The molecule has 1 saturated carbocycles. The van der Waals surface area contributed by atoms with E-state index in [-0.39, 0.29) is 17.5 Å². The van der Waals surface area contributed by atoms with Gasteiger partial charge in [0.25, 0.3) is 5.56 Å². The lowest BCUT2D eigenvalue weighted by Crippen LogP contribution is -2.36. The van der Waals surface area contributed by atoms with Gasteiger partial charge in [0.05, 0.1) is 16.8 Å². The summed E-state index contributed by atoms with van der Waals surface area (Å²) in [6.45, 7) is 0. The molecule has 6 rings (SSSR count). The number of aromatic nitrogens is 2. The highest BCUT2D eigenvalue weighted by atomic mass is 19.1. The third kappa shape index (κ3) is 4.26. The first kappa shape index (κ1) is 22.2. The summed E-state index contributed by atoms with van der Waals surface area (Å²) in [6.07, 6.45) is 3.34. The number of ether oxygens (including phenoxy) is 1. The van der Waals surface area contributed by atoms with Gasteiger partial charge in [0.15, 0.2) is 0 Å². The van der Waals surface area contributed by atoms with E-state index in [2.05, 4.69) is 20.5 Å². The van der Waals surface area contributed by atoms with E-state index in [9.17, 15) is 14.0 Å². The molecule has 3 aromatic carbocycles. The van der Waals surface area contributed by atoms with Crippen molar-refractivity contribution in [1.82, 2.24) is 15.5 Å². The molecule has 7 nitrogen and oxygen atoms in total. The van der Waals surface area contributed by atoms with Crippen molar-refractivity contribution in [2.45, 2.75) is 38.2 Å². The number of benzene rings is 3. The molecule has 1 aromatic heterocycles. The summed E-state index contributed by atoms with van der Waals surface area (Å²) in [6, 6.07) is 17.9. The summed E-state index contributed by atoms with van der Waals surface area (Å²) in [5.41, 5.74) is 4.13. The number of halogens is 1. The molecular weight excluding hydrogens is 459 g/mol. The summed E-state index contributed by atoms with van der Waals surface area (Å²) in [5, 5.41) is 10.9. The van der Waals surface area contributed by atoms with Crippen molar-refractivity contribution >= 4 is 28.4 Å². The Labute approximate surface area is 206 Å². The first-order valence-electron chi connectivity index (χ1n) is 12.0. The number of nitrogens with one attached hydrogen (secondary N) is 2. The Morgan fingerprint density at radius 2 is 1.92 bits per heavy atom. The third-order valence-electron chi connectivity index (χ3n) is 6.76. The Kier molecular flexibility index (Phi) is 5.56. The quantitative estimate of drug-likeness (QED) is 0.419. The number of carbonyl (C=O) groups is 1. The second-order valence-corrected chi connectivity index (χ2v) is 9.20. The lowest BCUT2D eigenvalue weighted by Gasteiger charge is -2.25. The van der Waals surface area contributed by atoms with Crippen LogP contribution in [0.2, 0.25) is 0 Å². The molecule has 1 aliphatic heterocycles. The average molecular weight is 483 g/mol. The number of nitrogens with zero attached hydrogens (tertiary/aromatic N) is 2. The predicted octanol–water partition coefficient (Wildman–Crippen LogP) is 5.18. The molecule has 2 N–H and O–H groups in total.